The number of carbonyl (C=O) groups is 1. The van der Waals surface area contributed by atoms with Crippen molar-refractivity contribution >= 4 is 13.7 Å². The molecule has 8 nitrogen and oxygen atoms in total. The van der Waals surface area contributed by atoms with Crippen molar-refractivity contribution in [3.05, 3.63) is 60.8 Å². The fourth-order valence-electron chi connectivity index (χ4n) is 4.53. The highest BCUT2D eigenvalue weighted by molar-refractivity contribution is 7.45. The summed E-state index contributed by atoms with van der Waals surface area (Å²) in [7, 11) is 1.21. The third-order valence-electron chi connectivity index (χ3n) is 7.47. The number of nitrogens with zero attached hydrogens (tertiary/aromatic N) is 1. The van der Waals surface area contributed by atoms with Crippen LogP contribution in [0, 0.1) is 0 Å². The van der Waals surface area contributed by atoms with Crippen LogP contribution in [-0.4, -0.2) is 68.5 Å². The standard InChI is InChI=1S/C38H69N2O6P/c1-6-8-10-12-14-16-18-19-20-21-22-24-26-28-30-32-38(42)39-36(35-46-47(43,44)45-34-33-40(3,4)5)37(41)31-29-27-25-23-17-15-13-11-9-7-2/h9,11,14,16-19,23,29,31,36-37,41H,6-8,10,12-13,15,20-22,24-28,30,32-35H2,1-5H3,(H-,39,42,43,44)/b11-9+,16-14-,19-18-,23-17+,31-29+. The number of carbonyl (C=O) groups excluding carboxylic acids is 1. The first-order valence-corrected chi connectivity index (χ1v) is 19.6. The van der Waals surface area contributed by atoms with E-state index in [-0.39, 0.29) is 12.5 Å². The van der Waals surface area contributed by atoms with Gasteiger partial charge in [-0.25, -0.2) is 0 Å². The molecule has 272 valence electrons. The molecule has 0 saturated heterocycles. The molecule has 9 heteroatoms. The fourth-order valence-corrected chi connectivity index (χ4v) is 5.25. The van der Waals surface area contributed by atoms with E-state index < -0.39 is 26.6 Å². The molecule has 0 aromatic rings. The summed E-state index contributed by atoms with van der Waals surface area (Å²) >= 11 is 0. The van der Waals surface area contributed by atoms with E-state index in [9.17, 15) is 19.4 Å². The second-order valence-electron chi connectivity index (χ2n) is 13.2. The van der Waals surface area contributed by atoms with E-state index in [2.05, 4.69) is 67.8 Å². The van der Waals surface area contributed by atoms with E-state index in [4.69, 9.17) is 9.05 Å². The quantitative estimate of drug-likeness (QED) is 0.0250. The number of phosphoric ester groups is 1. The zero-order valence-electron chi connectivity index (χ0n) is 30.5. The number of amides is 1. The van der Waals surface area contributed by atoms with Gasteiger partial charge < -0.3 is 28.8 Å². The Kier molecular flexibility index (Phi) is 29.1. The van der Waals surface area contributed by atoms with E-state index >= 15 is 0 Å². The van der Waals surface area contributed by atoms with Crippen LogP contribution in [-0.2, 0) is 18.4 Å². The summed E-state index contributed by atoms with van der Waals surface area (Å²) in [5.74, 6) is -0.231. The number of unbranched alkanes of at least 4 members (excludes halogenated alkanes) is 11. The lowest BCUT2D eigenvalue weighted by Gasteiger charge is -2.29. The molecule has 1 amide bonds. The molecule has 0 saturated carbocycles. The van der Waals surface area contributed by atoms with Crippen molar-refractivity contribution in [2.24, 2.45) is 0 Å². The van der Waals surface area contributed by atoms with Gasteiger partial charge in [0, 0.05) is 6.42 Å². The maximum absolute atomic E-state index is 12.7. The van der Waals surface area contributed by atoms with Crippen molar-refractivity contribution in [1.29, 1.82) is 0 Å². The fraction of sp³-hybridized carbons (Fsp3) is 0.711. The van der Waals surface area contributed by atoms with Crippen LogP contribution in [0.25, 0.3) is 0 Å². The summed E-state index contributed by atoms with van der Waals surface area (Å²) < 4.78 is 23.0. The topological polar surface area (TPSA) is 108 Å². The SMILES string of the molecule is CC/C=C/CC/C=C/CC/C=C/C(O)C(COP(=O)([O-])OCC[N+](C)(C)C)NC(=O)CCCCCCCC/C=C\C=C/CCCCC. The van der Waals surface area contributed by atoms with Crippen molar-refractivity contribution in [3.8, 4) is 0 Å². The number of aliphatic hydroxyl groups excluding tert-OH is 1. The minimum Gasteiger partial charge on any atom is -0.756 e. The lowest BCUT2D eigenvalue weighted by atomic mass is 10.1. The third-order valence-corrected chi connectivity index (χ3v) is 8.43. The average molecular weight is 681 g/mol. The van der Waals surface area contributed by atoms with Gasteiger partial charge in [0.15, 0.2) is 0 Å². The third kappa shape index (κ3) is 32.5. The molecule has 0 aliphatic carbocycles. The summed E-state index contributed by atoms with van der Waals surface area (Å²) in [5, 5.41) is 13.6. The van der Waals surface area contributed by atoms with Gasteiger partial charge in [-0.05, 0) is 64.2 Å². The van der Waals surface area contributed by atoms with Gasteiger partial charge in [0.25, 0.3) is 7.82 Å². The first kappa shape index (κ1) is 45.2. The maximum Gasteiger partial charge on any atom is 0.268 e. The smallest absolute Gasteiger partial charge is 0.268 e. The Morgan fingerprint density at radius 3 is 1.91 bits per heavy atom. The number of hydrogen-bond donors (Lipinski definition) is 2. The molecular formula is C38H69N2O6P. The molecule has 0 aliphatic rings. The largest absolute Gasteiger partial charge is 0.756 e. The Morgan fingerprint density at radius 2 is 1.32 bits per heavy atom. The van der Waals surface area contributed by atoms with Crippen molar-refractivity contribution in [2.45, 2.75) is 135 Å². The van der Waals surface area contributed by atoms with Crippen LogP contribution in [0.3, 0.4) is 0 Å². The van der Waals surface area contributed by atoms with E-state index in [0.29, 0.717) is 17.4 Å². The van der Waals surface area contributed by atoms with Crippen molar-refractivity contribution < 1.29 is 32.9 Å². The van der Waals surface area contributed by atoms with E-state index in [1.54, 1.807) is 6.08 Å². The summed E-state index contributed by atoms with van der Waals surface area (Å²) in [6.07, 6.45) is 37.0. The van der Waals surface area contributed by atoms with E-state index in [0.717, 1.165) is 70.6 Å². The minimum atomic E-state index is -4.59. The van der Waals surface area contributed by atoms with Gasteiger partial charge in [-0.15, -0.1) is 0 Å². The monoisotopic (exact) mass is 680 g/mol. The summed E-state index contributed by atoms with van der Waals surface area (Å²) in [5.41, 5.74) is 0. The highest BCUT2D eigenvalue weighted by Crippen LogP contribution is 2.38. The molecule has 0 aromatic heterocycles. The Morgan fingerprint density at radius 1 is 0.766 bits per heavy atom. The number of likely N-dealkylation sites (N-methyl/N-ethyl adjacent to an activating group) is 1. The molecule has 0 aromatic carbocycles. The first-order valence-electron chi connectivity index (χ1n) is 18.2. The molecule has 0 aliphatic heterocycles. The molecular weight excluding hydrogens is 611 g/mol. The predicted octanol–water partition coefficient (Wildman–Crippen LogP) is 8.49. The van der Waals surface area contributed by atoms with E-state index in [1.807, 2.05) is 27.2 Å². The highest BCUT2D eigenvalue weighted by Gasteiger charge is 2.23. The zero-order valence-corrected chi connectivity index (χ0v) is 31.3. The van der Waals surface area contributed by atoms with Gasteiger partial charge >= 0.3 is 0 Å². The molecule has 0 rings (SSSR count). The van der Waals surface area contributed by atoms with Gasteiger partial charge in [0.2, 0.25) is 5.91 Å². The second kappa shape index (κ2) is 30.3. The van der Waals surface area contributed by atoms with Gasteiger partial charge in [-0.1, -0.05) is 113 Å². The molecule has 2 N–H and O–H groups in total. The Balaban J connectivity index is 4.62. The number of nitrogens with one attached hydrogen (secondary N) is 1. The number of quaternary nitrogens is 1. The van der Waals surface area contributed by atoms with Crippen molar-refractivity contribution in [3.63, 3.8) is 0 Å². The number of allylic oxidation sites excluding steroid dienone is 9. The number of rotatable bonds is 31. The van der Waals surface area contributed by atoms with Crippen LogP contribution in [0.1, 0.15) is 123 Å². The van der Waals surface area contributed by atoms with Crippen LogP contribution < -0.4 is 10.2 Å². The van der Waals surface area contributed by atoms with Crippen molar-refractivity contribution in [1.82, 2.24) is 5.32 Å². The van der Waals surface area contributed by atoms with Gasteiger partial charge in [-0.3, -0.25) is 9.36 Å². The Bertz CT molecular complexity index is 954. The number of hydrogen-bond acceptors (Lipinski definition) is 6. The highest BCUT2D eigenvalue weighted by atomic mass is 31.2. The number of phosphoric acid groups is 1. The Hall–Kier alpha value is -1.80. The van der Waals surface area contributed by atoms with Gasteiger partial charge in [0.1, 0.15) is 13.2 Å². The molecule has 3 atom stereocenters. The summed E-state index contributed by atoms with van der Waals surface area (Å²) in [4.78, 5) is 25.1. The minimum absolute atomic E-state index is 0.0145. The van der Waals surface area contributed by atoms with Crippen LogP contribution >= 0.6 is 7.82 Å². The molecule has 0 heterocycles. The Labute approximate surface area is 288 Å². The molecule has 47 heavy (non-hydrogen) atoms. The van der Waals surface area contributed by atoms with Crippen LogP contribution in [0.5, 0.6) is 0 Å². The van der Waals surface area contributed by atoms with Crippen molar-refractivity contribution in [2.75, 3.05) is 40.9 Å². The van der Waals surface area contributed by atoms with Crippen LogP contribution in [0.2, 0.25) is 0 Å². The average Bonchev–Trinajstić information content (AvgIpc) is 3.01. The summed E-state index contributed by atoms with van der Waals surface area (Å²) in [6, 6.07) is -0.914. The van der Waals surface area contributed by atoms with Gasteiger partial charge in [0.05, 0.1) is 39.9 Å². The van der Waals surface area contributed by atoms with Crippen LogP contribution in [0.15, 0.2) is 60.8 Å². The molecule has 0 bridgehead atoms. The lowest BCUT2D eigenvalue weighted by Crippen LogP contribution is -2.45. The number of aliphatic hydroxyl groups is 1. The zero-order chi connectivity index (χ0) is 35.1. The molecule has 0 radical (unpaired) electrons. The normalized spacial score (nSPS) is 15.5. The summed E-state index contributed by atoms with van der Waals surface area (Å²) in [6.45, 7) is 4.41. The maximum atomic E-state index is 12.7. The van der Waals surface area contributed by atoms with E-state index in [1.165, 1.54) is 32.1 Å². The predicted molar refractivity (Wildman–Crippen MR) is 196 cm³/mol. The molecule has 0 spiro atoms. The first-order chi connectivity index (χ1) is 22.5. The molecule has 0 fully saturated rings. The lowest BCUT2D eigenvalue weighted by molar-refractivity contribution is -0.870. The van der Waals surface area contributed by atoms with Gasteiger partial charge in [-0.2, -0.15) is 0 Å². The van der Waals surface area contributed by atoms with Crippen LogP contribution in [0.4, 0.5) is 0 Å². The second-order valence-corrected chi connectivity index (χ2v) is 14.6. The molecule has 3 unspecified atom stereocenters.